The van der Waals surface area contributed by atoms with Gasteiger partial charge in [-0.15, -0.1) is 0 Å². The maximum absolute atomic E-state index is 12.6. The van der Waals surface area contributed by atoms with Crippen molar-refractivity contribution >= 4 is 11.5 Å². The van der Waals surface area contributed by atoms with Crippen molar-refractivity contribution in [3.05, 3.63) is 0 Å². The molecule has 0 aromatic carbocycles. The van der Waals surface area contributed by atoms with Gasteiger partial charge in [-0.25, -0.2) is 0 Å². The maximum atomic E-state index is 12.6. The van der Waals surface area contributed by atoms with Crippen molar-refractivity contribution in [3.8, 4) is 0 Å². The lowest BCUT2D eigenvalue weighted by atomic mass is 9.43. The van der Waals surface area contributed by atoms with Crippen LogP contribution in [0.4, 0.5) is 0 Å². The molecule has 0 bridgehead atoms. The van der Waals surface area contributed by atoms with Crippen LogP contribution in [-0.2, 0) is 9.63 Å². The molecule has 0 amide bonds. The van der Waals surface area contributed by atoms with Crippen LogP contribution in [0.15, 0.2) is 5.16 Å². The summed E-state index contributed by atoms with van der Waals surface area (Å²) in [5.41, 5.74) is 1.72. The first kappa shape index (κ1) is 19.1. The smallest absolute Gasteiger partial charge is 0.141 e. The highest BCUT2D eigenvalue weighted by atomic mass is 16.6. The summed E-state index contributed by atoms with van der Waals surface area (Å²) in [6.07, 6.45) is 10.5. The highest BCUT2D eigenvalue weighted by Gasteiger charge is 2.61. The second-order valence-corrected chi connectivity index (χ2v) is 11.2. The predicted octanol–water partition coefficient (Wildman–Crippen LogP) is 4.58. The van der Waals surface area contributed by atoms with E-state index in [1.54, 1.807) is 0 Å². The fourth-order valence-electron chi connectivity index (χ4n) is 8.25. The summed E-state index contributed by atoms with van der Waals surface area (Å²) in [5.74, 6) is 4.23. The van der Waals surface area contributed by atoms with Gasteiger partial charge in [0.05, 0.1) is 5.71 Å². The normalized spacial score (nSPS) is 52.2. The third kappa shape index (κ3) is 2.80. The Morgan fingerprint density at radius 2 is 1.93 bits per heavy atom. The highest BCUT2D eigenvalue weighted by molar-refractivity contribution is 5.87. The lowest BCUT2D eigenvalue weighted by molar-refractivity contribution is -0.141. The minimum absolute atomic E-state index is 0.00543. The summed E-state index contributed by atoms with van der Waals surface area (Å²) in [6, 6.07) is 0. The van der Waals surface area contributed by atoms with Crippen LogP contribution in [0.3, 0.4) is 0 Å². The van der Waals surface area contributed by atoms with E-state index in [-0.39, 0.29) is 11.5 Å². The Labute approximate surface area is 170 Å². The Balaban J connectivity index is 1.34. The van der Waals surface area contributed by atoms with Gasteiger partial charge < -0.3 is 10.2 Å². The fourth-order valence-corrected chi connectivity index (χ4v) is 8.25. The zero-order chi connectivity index (χ0) is 19.5. The number of Topliss-reactive ketones (excluding diaryl/α,β-unsaturated/α-hetero) is 1. The molecule has 0 spiro atoms. The van der Waals surface area contributed by atoms with Gasteiger partial charge >= 0.3 is 0 Å². The Morgan fingerprint density at radius 1 is 1.07 bits per heavy atom. The molecule has 4 saturated carbocycles. The Bertz CT molecular complexity index is 670. The topological polar surface area (TPSA) is 50.7 Å². The average molecular weight is 387 g/mol. The van der Waals surface area contributed by atoms with Crippen molar-refractivity contribution in [2.24, 2.45) is 45.6 Å². The van der Waals surface area contributed by atoms with E-state index in [1.165, 1.54) is 25.0 Å². The molecule has 1 unspecified atom stereocenters. The van der Waals surface area contributed by atoms with E-state index >= 15 is 0 Å². The third-order valence-electron chi connectivity index (χ3n) is 9.92. The minimum atomic E-state index is -0.00543. The fraction of sp³-hybridized carbons (Fsp3) is 0.917. The first-order valence-corrected chi connectivity index (χ1v) is 11.9. The highest BCUT2D eigenvalue weighted by Crippen LogP contribution is 2.66. The van der Waals surface area contributed by atoms with E-state index < -0.39 is 0 Å². The predicted molar refractivity (Wildman–Crippen MR) is 111 cm³/mol. The molecule has 5 rings (SSSR count). The number of nitrogens with zero attached hydrogens (tertiary/aromatic N) is 1. The van der Waals surface area contributed by atoms with Gasteiger partial charge in [0.2, 0.25) is 0 Å². The number of hydrogen-bond acceptors (Lipinski definition) is 4. The van der Waals surface area contributed by atoms with Gasteiger partial charge in [-0.1, -0.05) is 25.9 Å². The first-order chi connectivity index (χ1) is 13.4. The van der Waals surface area contributed by atoms with Gasteiger partial charge in [0.1, 0.15) is 11.9 Å². The van der Waals surface area contributed by atoms with E-state index in [4.69, 9.17) is 4.84 Å². The van der Waals surface area contributed by atoms with Gasteiger partial charge in [-0.3, -0.25) is 4.79 Å². The van der Waals surface area contributed by atoms with Crippen molar-refractivity contribution in [1.29, 1.82) is 0 Å². The maximum Gasteiger partial charge on any atom is 0.141 e. The number of rotatable bonds is 2. The number of fused-ring (bicyclic) bond motifs is 5. The lowest BCUT2D eigenvalue weighted by Gasteiger charge is -2.61. The van der Waals surface area contributed by atoms with Crippen LogP contribution in [0, 0.1) is 40.4 Å². The molecular weight excluding hydrogens is 348 g/mol. The summed E-state index contributed by atoms with van der Waals surface area (Å²) < 4.78 is 0. The number of carbonyl (C=O) groups is 1. The molecule has 0 aromatic heterocycles. The SMILES string of the molecule is C[C@H]1C[C@@H]2[C@H](CC[C@]3(C)C(=O)CC[C@@H]23)[C@@]2(C)CCC(=NO[C@H]3CCNC3)CC12. The summed E-state index contributed by atoms with van der Waals surface area (Å²) in [6.45, 7) is 9.36. The van der Waals surface area contributed by atoms with Crippen LogP contribution in [0.1, 0.15) is 78.6 Å². The summed E-state index contributed by atoms with van der Waals surface area (Å²) in [7, 11) is 0. The Hall–Kier alpha value is -0.900. The molecule has 4 aliphatic carbocycles. The number of oxime groups is 1. The van der Waals surface area contributed by atoms with Gasteiger partial charge in [0.25, 0.3) is 0 Å². The molecule has 4 heteroatoms. The lowest BCUT2D eigenvalue weighted by Crippen LogP contribution is -2.56. The number of carbonyl (C=O) groups excluding carboxylic acids is 1. The van der Waals surface area contributed by atoms with Gasteiger partial charge in [0, 0.05) is 24.8 Å². The zero-order valence-corrected chi connectivity index (χ0v) is 18.0. The molecule has 4 nitrogen and oxygen atoms in total. The molecule has 0 radical (unpaired) electrons. The van der Waals surface area contributed by atoms with Crippen LogP contribution in [-0.4, -0.2) is 30.7 Å². The molecule has 1 N–H and O–H groups in total. The van der Waals surface area contributed by atoms with Crippen molar-refractivity contribution in [2.75, 3.05) is 13.1 Å². The van der Waals surface area contributed by atoms with E-state index in [9.17, 15) is 4.79 Å². The van der Waals surface area contributed by atoms with Crippen LogP contribution >= 0.6 is 0 Å². The Kier molecular flexibility index (Phi) is 4.65. The van der Waals surface area contributed by atoms with E-state index in [0.717, 1.165) is 75.3 Å². The van der Waals surface area contributed by atoms with Crippen molar-refractivity contribution in [2.45, 2.75) is 84.7 Å². The summed E-state index contributed by atoms with van der Waals surface area (Å²) in [4.78, 5) is 18.5. The second kappa shape index (κ2) is 6.82. The van der Waals surface area contributed by atoms with Crippen LogP contribution in [0.5, 0.6) is 0 Å². The van der Waals surface area contributed by atoms with E-state index in [1.807, 2.05) is 0 Å². The molecule has 5 aliphatic rings. The van der Waals surface area contributed by atoms with Gasteiger partial charge in [-0.2, -0.15) is 0 Å². The summed E-state index contributed by atoms with van der Waals surface area (Å²) in [5, 5.41) is 7.99. The number of hydrogen-bond donors (Lipinski definition) is 1. The monoisotopic (exact) mass is 386 g/mol. The molecule has 1 aliphatic heterocycles. The standard InChI is InChI=1S/C24H38N2O2/c1-15-12-18-19-4-5-22(27)24(19,3)10-7-20(18)23(2)9-6-16(13-21(15)23)26-28-17-8-11-25-14-17/h15,17-21,25H,4-14H2,1-3H3/t15-,17-,18-,19-,20-,21?,23+,24-/m0/s1. The zero-order valence-electron chi connectivity index (χ0n) is 18.0. The molecule has 0 aromatic rings. The van der Waals surface area contributed by atoms with Gasteiger partial charge in [-0.05, 0) is 86.5 Å². The van der Waals surface area contributed by atoms with Crippen molar-refractivity contribution in [3.63, 3.8) is 0 Å². The molecule has 8 atom stereocenters. The Morgan fingerprint density at radius 3 is 2.71 bits per heavy atom. The quantitative estimate of drug-likeness (QED) is 0.707. The molecule has 5 fully saturated rings. The van der Waals surface area contributed by atoms with E-state index in [2.05, 4.69) is 31.2 Å². The molecule has 28 heavy (non-hydrogen) atoms. The van der Waals surface area contributed by atoms with Crippen LogP contribution in [0.25, 0.3) is 0 Å². The molecular formula is C24H38N2O2. The van der Waals surface area contributed by atoms with Crippen LogP contribution in [0.2, 0.25) is 0 Å². The number of ketones is 1. The molecule has 1 saturated heterocycles. The van der Waals surface area contributed by atoms with Crippen molar-refractivity contribution in [1.82, 2.24) is 5.32 Å². The van der Waals surface area contributed by atoms with Gasteiger partial charge in [0.15, 0.2) is 0 Å². The number of nitrogens with one attached hydrogen (secondary N) is 1. The third-order valence-corrected chi connectivity index (χ3v) is 9.92. The molecule has 1 heterocycles. The minimum Gasteiger partial charge on any atom is -0.391 e. The molecule has 156 valence electrons. The van der Waals surface area contributed by atoms with Crippen LogP contribution < -0.4 is 5.32 Å². The first-order valence-electron chi connectivity index (χ1n) is 11.9. The summed E-state index contributed by atoms with van der Waals surface area (Å²) >= 11 is 0. The van der Waals surface area contributed by atoms with E-state index in [0.29, 0.717) is 17.1 Å². The van der Waals surface area contributed by atoms with Crippen molar-refractivity contribution < 1.29 is 9.63 Å². The second-order valence-electron chi connectivity index (χ2n) is 11.2. The largest absolute Gasteiger partial charge is 0.391 e. The average Bonchev–Trinajstić information content (AvgIpc) is 3.29.